The monoisotopic (exact) mass is 223 g/mol. The minimum absolute atomic E-state index is 0.275. The van der Waals surface area contributed by atoms with E-state index in [9.17, 15) is 0 Å². The summed E-state index contributed by atoms with van der Waals surface area (Å²) in [6, 6.07) is 3.94. The summed E-state index contributed by atoms with van der Waals surface area (Å²) >= 11 is 0. The number of aromatic nitrogens is 1. The highest BCUT2D eigenvalue weighted by Gasteiger charge is 2.03. The molecule has 0 amide bonds. The highest BCUT2D eigenvalue weighted by Crippen LogP contribution is 2.10. The van der Waals surface area contributed by atoms with Gasteiger partial charge in [-0.1, -0.05) is 0 Å². The third kappa shape index (κ3) is 4.16. The summed E-state index contributed by atoms with van der Waals surface area (Å²) < 4.78 is 5.50. The van der Waals surface area contributed by atoms with E-state index < -0.39 is 0 Å². The van der Waals surface area contributed by atoms with Gasteiger partial charge in [-0.3, -0.25) is 0 Å². The first-order valence-electron chi connectivity index (χ1n) is 5.61. The average Bonchev–Trinajstić information content (AvgIpc) is 2.28. The Bertz CT molecular complexity index is 315. The summed E-state index contributed by atoms with van der Waals surface area (Å²) in [5.41, 5.74) is 6.69. The highest BCUT2D eigenvalue weighted by molar-refractivity contribution is 5.39. The van der Waals surface area contributed by atoms with Crippen molar-refractivity contribution in [2.45, 2.75) is 26.5 Å². The molecule has 1 rings (SSSR count). The van der Waals surface area contributed by atoms with Crippen LogP contribution in [-0.4, -0.2) is 31.3 Å². The summed E-state index contributed by atoms with van der Waals surface area (Å²) in [4.78, 5) is 6.37. The molecule has 0 aromatic carbocycles. The predicted octanol–water partition coefficient (Wildman–Crippen LogP) is 1.40. The molecule has 2 N–H and O–H groups in total. The molecule has 0 aliphatic rings. The van der Waals surface area contributed by atoms with Crippen LogP contribution in [-0.2, 0) is 11.3 Å². The Labute approximate surface area is 97.4 Å². The van der Waals surface area contributed by atoms with Gasteiger partial charge in [-0.05, 0) is 31.5 Å². The van der Waals surface area contributed by atoms with Crippen molar-refractivity contribution in [3.05, 3.63) is 23.9 Å². The third-order valence-electron chi connectivity index (χ3n) is 2.31. The molecule has 0 aliphatic heterocycles. The maximum atomic E-state index is 5.59. The zero-order chi connectivity index (χ0) is 12.0. The molecule has 0 atom stereocenters. The molecule has 0 saturated carbocycles. The second kappa shape index (κ2) is 6.45. The summed E-state index contributed by atoms with van der Waals surface area (Å²) in [5.74, 6) is 0.940. The van der Waals surface area contributed by atoms with Gasteiger partial charge >= 0.3 is 0 Å². The molecule has 0 aliphatic carbocycles. The molecule has 4 heteroatoms. The number of hydrogen-bond donors (Lipinski definition) is 1. The van der Waals surface area contributed by atoms with Crippen molar-refractivity contribution < 1.29 is 4.74 Å². The van der Waals surface area contributed by atoms with Crippen LogP contribution < -0.4 is 10.6 Å². The van der Waals surface area contributed by atoms with Crippen molar-refractivity contribution in [3.8, 4) is 0 Å². The van der Waals surface area contributed by atoms with Gasteiger partial charge in [0.25, 0.3) is 0 Å². The molecule has 0 fully saturated rings. The van der Waals surface area contributed by atoms with Gasteiger partial charge in [0, 0.05) is 26.3 Å². The largest absolute Gasteiger partial charge is 0.377 e. The Kier molecular flexibility index (Phi) is 5.22. The van der Waals surface area contributed by atoms with Crippen molar-refractivity contribution in [1.29, 1.82) is 0 Å². The van der Waals surface area contributed by atoms with E-state index in [1.165, 1.54) is 0 Å². The maximum Gasteiger partial charge on any atom is 0.128 e. The zero-order valence-electron chi connectivity index (χ0n) is 10.3. The van der Waals surface area contributed by atoms with Gasteiger partial charge in [-0.2, -0.15) is 0 Å². The lowest BCUT2D eigenvalue weighted by Crippen LogP contribution is -2.24. The van der Waals surface area contributed by atoms with Crippen LogP contribution in [0.1, 0.15) is 19.4 Å². The Morgan fingerprint density at radius 3 is 2.88 bits per heavy atom. The molecule has 0 unspecified atom stereocenters. The standard InChI is InChI=1S/C12H21N3O/c1-10(2)16-7-6-15(3)12-8-11(9-13)4-5-14-12/h4-5,8,10H,6-7,9,13H2,1-3H3. The first kappa shape index (κ1) is 12.9. The molecule has 16 heavy (non-hydrogen) atoms. The second-order valence-electron chi connectivity index (χ2n) is 4.07. The van der Waals surface area contributed by atoms with E-state index in [1.807, 2.05) is 33.0 Å². The number of ether oxygens (including phenoxy) is 1. The van der Waals surface area contributed by atoms with Crippen molar-refractivity contribution >= 4 is 5.82 Å². The highest BCUT2D eigenvalue weighted by atomic mass is 16.5. The van der Waals surface area contributed by atoms with Crippen LogP contribution in [0.4, 0.5) is 5.82 Å². The van der Waals surface area contributed by atoms with Crippen LogP contribution in [0.25, 0.3) is 0 Å². The van der Waals surface area contributed by atoms with Gasteiger partial charge < -0.3 is 15.4 Å². The fourth-order valence-electron chi connectivity index (χ4n) is 1.34. The van der Waals surface area contributed by atoms with E-state index in [2.05, 4.69) is 9.88 Å². The molecule has 1 heterocycles. The van der Waals surface area contributed by atoms with Gasteiger partial charge in [-0.25, -0.2) is 4.98 Å². The smallest absolute Gasteiger partial charge is 0.128 e. The number of likely N-dealkylation sites (N-methyl/N-ethyl adjacent to an activating group) is 1. The predicted molar refractivity (Wildman–Crippen MR) is 66.5 cm³/mol. The molecule has 0 saturated heterocycles. The topological polar surface area (TPSA) is 51.4 Å². The zero-order valence-corrected chi connectivity index (χ0v) is 10.3. The van der Waals surface area contributed by atoms with Crippen LogP contribution in [0.2, 0.25) is 0 Å². The fraction of sp³-hybridized carbons (Fsp3) is 0.583. The van der Waals surface area contributed by atoms with Gasteiger partial charge in [-0.15, -0.1) is 0 Å². The number of nitrogens with zero attached hydrogens (tertiary/aromatic N) is 2. The number of hydrogen-bond acceptors (Lipinski definition) is 4. The molecular formula is C12H21N3O. The first-order valence-corrected chi connectivity index (χ1v) is 5.61. The van der Waals surface area contributed by atoms with E-state index in [0.717, 1.165) is 17.9 Å². The number of rotatable bonds is 6. The summed E-state index contributed by atoms with van der Waals surface area (Å²) in [5, 5.41) is 0. The molecule has 0 spiro atoms. The number of anilines is 1. The van der Waals surface area contributed by atoms with E-state index >= 15 is 0 Å². The van der Waals surface area contributed by atoms with Crippen LogP contribution in [0.3, 0.4) is 0 Å². The average molecular weight is 223 g/mol. The van der Waals surface area contributed by atoms with Crippen LogP contribution in [0, 0.1) is 0 Å². The fourth-order valence-corrected chi connectivity index (χ4v) is 1.34. The van der Waals surface area contributed by atoms with Gasteiger partial charge in [0.15, 0.2) is 0 Å². The summed E-state index contributed by atoms with van der Waals surface area (Å²) in [6.45, 7) is 6.16. The molecule has 0 radical (unpaired) electrons. The van der Waals surface area contributed by atoms with E-state index in [1.54, 1.807) is 6.20 Å². The lowest BCUT2D eigenvalue weighted by Gasteiger charge is -2.19. The van der Waals surface area contributed by atoms with Gasteiger partial charge in [0.1, 0.15) is 5.82 Å². The molecule has 90 valence electrons. The van der Waals surface area contributed by atoms with Crippen molar-refractivity contribution in [2.24, 2.45) is 5.73 Å². The third-order valence-corrected chi connectivity index (χ3v) is 2.31. The molecular weight excluding hydrogens is 202 g/mol. The summed E-state index contributed by atoms with van der Waals surface area (Å²) in [6.07, 6.45) is 2.06. The normalized spacial score (nSPS) is 10.8. The minimum Gasteiger partial charge on any atom is -0.377 e. The molecule has 1 aromatic rings. The van der Waals surface area contributed by atoms with Gasteiger partial charge in [0.2, 0.25) is 0 Å². The second-order valence-corrected chi connectivity index (χ2v) is 4.07. The van der Waals surface area contributed by atoms with Crippen molar-refractivity contribution in [1.82, 2.24) is 4.98 Å². The molecule has 0 bridgehead atoms. The van der Waals surface area contributed by atoms with Crippen LogP contribution in [0.15, 0.2) is 18.3 Å². The Balaban J connectivity index is 2.48. The van der Waals surface area contributed by atoms with E-state index in [4.69, 9.17) is 10.5 Å². The van der Waals surface area contributed by atoms with Crippen LogP contribution >= 0.6 is 0 Å². The van der Waals surface area contributed by atoms with Crippen molar-refractivity contribution in [3.63, 3.8) is 0 Å². The summed E-state index contributed by atoms with van der Waals surface area (Å²) in [7, 11) is 2.01. The Hall–Kier alpha value is -1.13. The molecule has 4 nitrogen and oxygen atoms in total. The van der Waals surface area contributed by atoms with Gasteiger partial charge in [0.05, 0.1) is 12.7 Å². The minimum atomic E-state index is 0.275. The lowest BCUT2D eigenvalue weighted by atomic mass is 10.2. The number of pyridine rings is 1. The lowest BCUT2D eigenvalue weighted by molar-refractivity contribution is 0.0845. The van der Waals surface area contributed by atoms with E-state index in [-0.39, 0.29) is 6.10 Å². The quantitative estimate of drug-likeness (QED) is 0.792. The first-order chi connectivity index (χ1) is 7.63. The van der Waals surface area contributed by atoms with Crippen molar-refractivity contribution in [2.75, 3.05) is 25.1 Å². The maximum absolute atomic E-state index is 5.59. The SMILES string of the molecule is CC(C)OCCN(C)c1cc(CN)ccn1. The number of nitrogens with two attached hydrogens (primary N) is 1. The molecule has 1 aromatic heterocycles. The Morgan fingerprint density at radius 1 is 1.50 bits per heavy atom. The van der Waals surface area contributed by atoms with Crippen LogP contribution in [0.5, 0.6) is 0 Å². The van der Waals surface area contributed by atoms with E-state index in [0.29, 0.717) is 13.2 Å². The Morgan fingerprint density at radius 2 is 2.25 bits per heavy atom.